The molecule has 24 heavy (non-hydrogen) atoms. The van der Waals surface area contributed by atoms with Gasteiger partial charge in [-0.25, -0.2) is 0 Å². The standard InChI is InChI=1S/C12H10.C8H12O4/c1-3-7-11(8-4-1)12-9-5-2-6-10-12;1-2-3-4-6(8(11)12)5-7(9)10/h1-10H;3-4,6H,2,5H2,1H3,(H,9,10)(H,11,12). The summed E-state index contributed by atoms with van der Waals surface area (Å²) < 4.78 is 0. The minimum atomic E-state index is -1.10. The molecule has 1 unspecified atom stereocenters. The van der Waals surface area contributed by atoms with Gasteiger partial charge in [-0.05, 0) is 17.5 Å². The molecule has 0 aliphatic carbocycles. The molecule has 0 radical (unpaired) electrons. The molecule has 0 aromatic heterocycles. The topological polar surface area (TPSA) is 74.6 Å². The maximum Gasteiger partial charge on any atom is 0.310 e. The summed E-state index contributed by atoms with van der Waals surface area (Å²) >= 11 is 0. The third kappa shape index (κ3) is 7.40. The second kappa shape index (κ2) is 10.8. The molecular formula is C20H22O4. The van der Waals surface area contributed by atoms with Crippen LogP contribution in [-0.4, -0.2) is 22.2 Å². The third-order valence-corrected chi connectivity index (χ3v) is 3.20. The molecule has 0 aliphatic heterocycles. The lowest BCUT2D eigenvalue weighted by Gasteiger charge is -2.02. The Balaban J connectivity index is 0.000000240. The highest BCUT2D eigenvalue weighted by molar-refractivity contribution is 5.79. The van der Waals surface area contributed by atoms with Crippen molar-refractivity contribution in [3.8, 4) is 11.1 Å². The zero-order valence-electron chi connectivity index (χ0n) is 13.6. The molecule has 0 aliphatic rings. The summed E-state index contributed by atoms with van der Waals surface area (Å²) in [6.07, 6.45) is 3.42. The van der Waals surface area contributed by atoms with Gasteiger partial charge in [0, 0.05) is 0 Å². The van der Waals surface area contributed by atoms with Gasteiger partial charge in [-0.15, -0.1) is 0 Å². The molecule has 0 saturated carbocycles. The zero-order valence-corrected chi connectivity index (χ0v) is 13.6. The molecule has 0 heterocycles. The number of aliphatic carboxylic acids is 2. The number of carboxylic acid groups (broad SMARTS) is 2. The summed E-state index contributed by atoms with van der Waals surface area (Å²) in [5.74, 6) is -3.09. The highest BCUT2D eigenvalue weighted by atomic mass is 16.4. The molecule has 0 fully saturated rings. The molecule has 0 bridgehead atoms. The van der Waals surface area contributed by atoms with Crippen LogP contribution in [0.15, 0.2) is 72.8 Å². The maximum atomic E-state index is 10.4. The molecule has 2 aromatic rings. The molecule has 0 spiro atoms. The van der Waals surface area contributed by atoms with Crippen LogP contribution in [0.4, 0.5) is 0 Å². The van der Waals surface area contributed by atoms with Crippen LogP contribution < -0.4 is 0 Å². The Kier molecular flexibility index (Phi) is 8.61. The number of hydrogen-bond donors (Lipinski definition) is 2. The Morgan fingerprint density at radius 1 is 0.917 bits per heavy atom. The average Bonchev–Trinajstić information content (AvgIpc) is 2.60. The fourth-order valence-electron chi connectivity index (χ4n) is 1.99. The van der Waals surface area contributed by atoms with Crippen LogP contribution in [0.1, 0.15) is 19.8 Å². The van der Waals surface area contributed by atoms with Gasteiger partial charge in [0.25, 0.3) is 0 Å². The van der Waals surface area contributed by atoms with Crippen LogP contribution in [0, 0.1) is 5.92 Å². The quantitative estimate of drug-likeness (QED) is 0.767. The second-order valence-corrected chi connectivity index (χ2v) is 5.11. The largest absolute Gasteiger partial charge is 0.481 e. The summed E-state index contributed by atoms with van der Waals surface area (Å²) in [5, 5.41) is 16.9. The van der Waals surface area contributed by atoms with Crippen LogP contribution >= 0.6 is 0 Å². The number of carbonyl (C=O) groups is 2. The number of benzene rings is 2. The SMILES string of the molecule is CCC=CC(CC(=O)O)C(=O)O.c1ccc(-c2ccccc2)cc1. The summed E-state index contributed by atoms with van der Waals surface area (Å²) in [7, 11) is 0. The molecule has 4 nitrogen and oxygen atoms in total. The zero-order chi connectivity index (χ0) is 17.8. The van der Waals surface area contributed by atoms with E-state index >= 15 is 0 Å². The molecule has 1 atom stereocenters. The van der Waals surface area contributed by atoms with Crippen molar-refractivity contribution in [3.63, 3.8) is 0 Å². The number of allylic oxidation sites excluding steroid dienone is 1. The van der Waals surface area contributed by atoms with Crippen molar-refractivity contribution in [2.45, 2.75) is 19.8 Å². The second-order valence-electron chi connectivity index (χ2n) is 5.11. The molecule has 2 rings (SSSR count). The first-order chi connectivity index (χ1) is 11.5. The van der Waals surface area contributed by atoms with Crippen molar-refractivity contribution in [2.75, 3.05) is 0 Å². The third-order valence-electron chi connectivity index (χ3n) is 3.20. The van der Waals surface area contributed by atoms with Gasteiger partial charge in [0.2, 0.25) is 0 Å². The minimum Gasteiger partial charge on any atom is -0.481 e. The van der Waals surface area contributed by atoms with Gasteiger partial charge >= 0.3 is 11.9 Å². The van der Waals surface area contributed by atoms with E-state index in [0.29, 0.717) is 6.42 Å². The number of carboxylic acids is 2. The summed E-state index contributed by atoms with van der Waals surface area (Å²) in [5.41, 5.74) is 2.55. The van der Waals surface area contributed by atoms with Gasteiger partial charge < -0.3 is 10.2 Å². The van der Waals surface area contributed by atoms with Crippen LogP contribution in [0.2, 0.25) is 0 Å². The van der Waals surface area contributed by atoms with E-state index in [1.807, 2.05) is 19.1 Å². The predicted octanol–water partition coefficient (Wildman–Crippen LogP) is 4.48. The van der Waals surface area contributed by atoms with E-state index in [2.05, 4.69) is 48.5 Å². The fraction of sp³-hybridized carbons (Fsp3) is 0.200. The van der Waals surface area contributed by atoms with E-state index in [4.69, 9.17) is 10.2 Å². The average molecular weight is 326 g/mol. The van der Waals surface area contributed by atoms with E-state index in [-0.39, 0.29) is 6.42 Å². The monoisotopic (exact) mass is 326 g/mol. The van der Waals surface area contributed by atoms with Crippen LogP contribution in [-0.2, 0) is 9.59 Å². The summed E-state index contributed by atoms with van der Waals surface area (Å²) in [6.45, 7) is 1.86. The van der Waals surface area contributed by atoms with Crippen LogP contribution in [0.3, 0.4) is 0 Å². The lowest BCUT2D eigenvalue weighted by Crippen LogP contribution is -2.15. The van der Waals surface area contributed by atoms with Crippen LogP contribution in [0.5, 0.6) is 0 Å². The first-order valence-electron chi connectivity index (χ1n) is 7.76. The highest BCUT2D eigenvalue weighted by Crippen LogP contribution is 2.17. The van der Waals surface area contributed by atoms with E-state index in [1.54, 1.807) is 6.08 Å². The normalized spacial score (nSPS) is 11.4. The minimum absolute atomic E-state index is 0.355. The van der Waals surface area contributed by atoms with Gasteiger partial charge in [-0.2, -0.15) is 0 Å². The van der Waals surface area contributed by atoms with Gasteiger partial charge in [0.15, 0.2) is 0 Å². The van der Waals surface area contributed by atoms with Gasteiger partial charge in [0.1, 0.15) is 0 Å². The van der Waals surface area contributed by atoms with Crippen molar-refractivity contribution in [3.05, 3.63) is 72.8 Å². The molecule has 0 saturated heterocycles. The van der Waals surface area contributed by atoms with Crippen molar-refractivity contribution >= 4 is 11.9 Å². The Morgan fingerprint density at radius 2 is 1.38 bits per heavy atom. The van der Waals surface area contributed by atoms with E-state index in [1.165, 1.54) is 17.2 Å². The molecule has 4 heteroatoms. The van der Waals surface area contributed by atoms with Crippen LogP contribution in [0.25, 0.3) is 11.1 Å². The lowest BCUT2D eigenvalue weighted by molar-refractivity contribution is -0.146. The molecule has 0 amide bonds. The molecule has 2 aromatic carbocycles. The first-order valence-corrected chi connectivity index (χ1v) is 7.76. The van der Waals surface area contributed by atoms with Crippen molar-refractivity contribution in [1.82, 2.24) is 0 Å². The van der Waals surface area contributed by atoms with Crippen molar-refractivity contribution < 1.29 is 19.8 Å². The van der Waals surface area contributed by atoms with Crippen molar-refractivity contribution in [2.24, 2.45) is 5.92 Å². The van der Waals surface area contributed by atoms with E-state index in [0.717, 1.165) is 0 Å². The summed E-state index contributed by atoms with van der Waals surface area (Å²) in [4.78, 5) is 20.6. The highest BCUT2D eigenvalue weighted by Gasteiger charge is 2.16. The molecule has 2 N–H and O–H groups in total. The Labute approximate surface area is 142 Å². The number of rotatable bonds is 6. The predicted molar refractivity (Wildman–Crippen MR) is 94.7 cm³/mol. The Morgan fingerprint density at radius 3 is 1.71 bits per heavy atom. The lowest BCUT2D eigenvalue weighted by atomic mass is 10.1. The molecular weight excluding hydrogens is 304 g/mol. The van der Waals surface area contributed by atoms with Gasteiger partial charge in [-0.1, -0.05) is 79.7 Å². The van der Waals surface area contributed by atoms with Crippen molar-refractivity contribution in [1.29, 1.82) is 0 Å². The van der Waals surface area contributed by atoms with Gasteiger partial charge in [0.05, 0.1) is 12.3 Å². The maximum absolute atomic E-state index is 10.4. The Hall–Kier alpha value is -2.88. The number of hydrogen-bond acceptors (Lipinski definition) is 2. The van der Waals surface area contributed by atoms with E-state index < -0.39 is 17.9 Å². The van der Waals surface area contributed by atoms with E-state index in [9.17, 15) is 9.59 Å². The smallest absolute Gasteiger partial charge is 0.310 e. The Bertz CT molecular complexity index is 610. The van der Waals surface area contributed by atoms with Gasteiger partial charge in [-0.3, -0.25) is 9.59 Å². The fourth-order valence-corrected chi connectivity index (χ4v) is 1.99. The summed E-state index contributed by atoms with van der Waals surface area (Å²) in [6, 6.07) is 20.8. The first kappa shape index (κ1) is 19.2. The molecule has 126 valence electrons.